The molecule has 2 heterocycles. The van der Waals surface area contributed by atoms with Gasteiger partial charge in [0.1, 0.15) is 0 Å². The third-order valence-electron chi connectivity index (χ3n) is 16.6. The third kappa shape index (κ3) is 6.86. The second kappa shape index (κ2) is 16.4. The van der Waals surface area contributed by atoms with Crippen LogP contribution in [-0.4, -0.2) is 9.13 Å². The summed E-state index contributed by atoms with van der Waals surface area (Å²) in [6.45, 7) is 9.07. The Kier molecular flexibility index (Phi) is 9.47. The molecule has 0 unspecified atom stereocenters. The summed E-state index contributed by atoms with van der Waals surface area (Å²) in [6, 6.07) is 91.1. The van der Waals surface area contributed by atoms with Gasteiger partial charge in [0.25, 0.3) is 0 Å². The van der Waals surface area contributed by atoms with Gasteiger partial charge in [0.15, 0.2) is 0 Å². The first kappa shape index (κ1) is 43.4. The Labute approximate surface area is 437 Å². The summed E-state index contributed by atoms with van der Waals surface area (Å²) >= 11 is 0. The first-order valence-electron chi connectivity index (χ1n) is 26.3. The molecule has 0 saturated carbocycles. The van der Waals surface area contributed by atoms with E-state index in [4.69, 9.17) is 0 Å². The van der Waals surface area contributed by atoms with Gasteiger partial charge >= 0.3 is 0 Å². The molecule has 2 aromatic heterocycles. The number of aromatic nitrogens is 2. The molecule has 0 aliphatic heterocycles. The van der Waals surface area contributed by atoms with E-state index in [0.717, 1.165) is 0 Å². The van der Waals surface area contributed by atoms with Gasteiger partial charge in [0.2, 0.25) is 0 Å². The number of nitrogens with zero attached hydrogens (tertiary/aromatic N) is 2. The molecule has 15 rings (SSSR count). The Morgan fingerprint density at radius 2 is 0.573 bits per heavy atom. The number of benzene rings is 12. The Hall–Kier alpha value is -9.24. The first-order chi connectivity index (χ1) is 36.7. The fraction of sp³-hybridized carbons (Fsp3) is 0.0685. The summed E-state index contributed by atoms with van der Waals surface area (Å²) in [5.41, 5.74) is 24.9. The number of fused-ring (bicyclic) bond motifs is 11. The lowest BCUT2D eigenvalue weighted by molar-refractivity contribution is 0.661. The van der Waals surface area contributed by atoms with E-state index in [0.29, 0.717) is 0 Å². The second-order valence-electron chi connectivity index (χ2n) is 21.5. The predicted octanol–water partition coefficient (Wildman–Crippen LogP) is 19.8. The molecule has 2 nitrogen and oxygen atoms in total. The van der Waals surface area contributed by atoms with Gasteiger partial charge in [0.05, 0.1) is 22.1 Å². The first-order valence-corrected chi connectivity index (χ1v) is 26.3. The van der Waals surface area contributed by atoms with Crippen molar-refractivity contribution in [2.24, 2.45) is 0 Å². The molecule has 0 fully saturated rings. The number of rotatable bonds is 6. The minimum Gasteiger partial charge on any atom is -0.309 e. The van der Waals surface area contributed by atoms with E-state index in [1.807, 2.05) is 0 Å². The highest BCUT2D eigenvalue weighted by molar-refractivity contribution is 6.12. The van der Waals surface area contributed by atoms with Gasteiger partial charge in [-0.1, -0.05) is 171 Å². The van der Waals surface area contributed by atoms with Gasteiger partial charge in [-0.05, 0) is 199 Å². The summed E-state index contributed by atoms with van der Waals surface area (Å²) in [5.74, 6) is 0. The average molecular weight is 957 g/mol. The van der Waals surface area contributed by atoms with E-state index in [9.17, 15) is 0 Å². The van der Waals surface area contributed by atoms with Crippen molar-refractivity contribution in [1.82, 2.24) is 9.13 Å². The molecule has 354 valence electrons. The normalized spacial score (nSPS) is 12.9. The molecule has 12 aromatic carbocycles. The fourth-order valence-electron chi connectivity index (χ4n) is 12.6. The molecule has 0 amide bonds. The quantitative estimate of drug-likeness (QED) is 0.157. The summed E-state index contributed by atoms with van der Waals surface area (Å²) in [6.07, 6.45) is 0. The van der Waals surface area contributed by atoms with Gasteiger partial charge in [-0.25, -0.2) is 0 Å². The fourth-order valence-corrected chi connectivity index (χ4v) is 12.6. The van der Waals surface area contributed by atoms with E-state index in [2.05, 4.69) is 279 Å². The number of hydrogen-bond donors (Lipinski definition) is 0. The minimum absolute atomic E-state index is 0.157. The van der Waals surface area contributed by atoms with Crippen molar-refractivity contribution < 1.29 is 0 Å². The summed E-state index contributed by atoms with van der Waals surface area (Å²) in [7, 11) is 0. The Morgan fingerprint density at radius 1 is 0.267 bits per heavy atom. The van der Waals surface area contributed by atoms with E-state index in [1.54, 1.807) is 0 Å². The minimum atomic E-state index is -0.157. The van der Waals surface area contributed by atoms with Crippen LogP contribution in [0.1, 0.15) is 36.1 Å². The van der Waals surface area contributed by atoms with Crippen LogP contribution in [0.25, 0.3) is 132 Å². The topological polar surface area (TPSA) is 9.86 Å². The highest BCUT2D eigenvalue weighted by Crippen LogP contribution is 2.51. The van der Waals surface area contributed by atoms with Gasteiger partial charge in [-0.2, -0.15) is 0 Å². The van der Waals surface area contributed by atoms with Crippen molar-refractivity contribution in [2.45, 2.75) is 33.1 Å². The van der Waals surface area contributed by atoms with E-state index in [1.165, 1.54) is 154 Å². The predicted molar refractivity (Wildman–Crippen MR) is 319 cm³/mol. The van der Waals surface area contributed by atoms with Crippen LogP contribution < -0.4 is 0 Å². The zero-order valence-electron chi connectivity index (χ0n) is 42.5. The van der Waals surface area contributed by atoms with Crippen molar-refractivity contribution in [2.75, 3.05) is 0 Å². The maximum Gasteiger partial charge on any atom is 0.0541 e. The number of para-hydroxylation sites is 2. The summed E-state index contributed by atoms with van der Waals surface area (Å²) in [4.78, 5) is 0. The lowest BCUT2D eigenvalue weighted by Gasteiger charge is -2.23. The number of aryl methyl sites for hydroxylation is 2. The van der Waals surface area contributed by atoms with Crippen LogP contribution in [0.5, 0.6) is 0 Å². The van der Waals surface area contributed by atoms with Crippen LogP contribution in [0, 0.1) is 13.8 Å². The molecule has 2 heteroatoms. The summed E-state index contributed by atoms with van der Waals surface area (Å²) in [5, 5.41) is 10.0. The highest BCUT2D eigenvalue weighted by Gasteiger charge is 2.36. The van der Waals surface area contributed by atoms with Crippen molar-refractivity contribution in [1.29, 1.82) is 0 Å². The Balaban J connectivity index is 0.703. The lowest BCUT2D eigenvalue weighted by atomic mass is 9.80. The van der Waals surface area contributed by atoms with E-state index < -0.39 is 0 Å². The Bertz CT molecular complexity index is 4380. The molecule has 0 saturated heterocycles. The molecule has 0 N–H and O–H groups in total. The van der Waals surface area contributed by atoms with Gasteiger partial charge < -0.3 is 9.13 Å². The van der Waals surface area contributed by atoms with Crippen molar-refractivity contribution in [3.63, 3.8) is 0 Å². The average Bonchev–Trinajstić information content (AvgIpc) is 4.04. The Morgan fingerprint density at radius 3 is 0.960 bits per heavy atom. The maximum absolute atomic E-state index is 2.44. The standard InChI is InChI=1S/C73H52N2/c1-45-13-29-59(30-14-45)74-69-11-7-5-9-63(69)65-41-55(27-35-71(65)74)51-21-17-49-39-53(23-19-47(49)37-51)57-25-33-61-62-34-26-58(44-68(62)73(3,4)67(61)43-57)54-24-20-48-38-52(22-18-50(48)40-54)56-28-36-72-66(42-56)64-10-6-8-12-70(64)75(72)60-31-15-46(2)16-32-60/h5-44H,1-4H3. The maximum atomic E-state index is 2.44. The zero-order valence-corrected chi connectivity index (χ0v) is 42.5. The molecule has 0 atom stereocenters. The monoisotopic (exact) mass is 956 g/mol. The molecule has 75 heavy (non-hydrogen) atoms. The molecule has 1 aliphatic carbocycles. The van der Waals surface area contributed by atoms with Crippen molar-refractivity contribution in [3.8, 4) is 67.0 Å². The molecule has 14 aromatic rings. The van der Waals surface area contributed by atoms with Crippen molar-refractivity contribution >= 4 is 65.2 Å². The van der Waals surface area contributed by atoms with Crippen LogP contribution in [0.2, 0.25) is 0 Å². The second-order valence-corrected chi connectivity index (χ2v) is 21.5. The molecule has 0 radical (unpaired) electrons. The number of hydrogen-bond acceptors (Lipinski definition) is 0. The molecular formula is C73H52N2. The lowest BCUT2D eigenvalue weighted by Crippen LogP contribution is -2.15. The van der Waals surface area contributed by atoms with E-state index in [-0.39, 0.29) is 5.41 Å². The van der Waals surface area contributed by atoms with Crippen LogP contribution in [-0.2, 0) is 5.41 Å². The SMILES string of the molecule is Cc1ccc(-n2c3ccccc3c3cc(-c4ccc5cc(-c6ccc7c(c6)C(C)(C)c6cc(-c8ccc9cc(-c%10ccc%11c(c%10)c%10ccccc%10n%11-c%10ccc(C)cc%10)ccc9c8)ccc6-7)ccc5c4)ccc32)cc1. The smallest absolute Gasteiger partial charge is 0.0541 e. The van der Waals surface area contributed by atoms with Gasteiger partial charge in [-0.3, -0.25) is 0 Å². The molecule has 0 spiro atoms. The largest absolute Gasteiger partial charge is 0.309 e. The third-order valence-corrected chi connectivity index (χ3v) is 16.6. The molecular weight excluding hydrogens is 905 g/mol. The zero-order chi connectivity index (χ0) is 50.1. The van der Waals surface area contributed by atoms with Crippen LogP contribution in [0.3, 0.4) is 0 Å². The summed E-state index contributed by atoms with van der Waals surface area (Å²) < 4.78 is 4.78. The molecule has 1 aliphatic rings. The molecule has 0 bridgehead atoms. The van der Waals surface area contributed by atoms with Crippen molar-refractivity contribution in [3.05, 3.63) is 265 Å². The van der Waals surface area contributed by atoms with Crippen LogP contribution in [0.15, 0.2) is 243 Å². The highest BCUT2D eigenvalue weighted by atomic mass is 15.0. The van der Waals surface area contributed by atoms with Gasteiger partial charge in [-0.15, -0.1) is 0 Å². The van der Waals surface area contributed by atoms with E-state index >= 15 is 0 Å². The van der Waals surface area contributed by atoms with Crippen LogP contribution >= 0.6 is 0 Å². The van der Waals surface area contributed by atoms with Gasteiger partial charge in [0, 0.05) is 38.3 Å². The van der Waals surface area contributed by atoms with Crippen LogP contribution in [0.4, 0.5) is 0 Å².